The Morgan fingerprint density at radius 1 is 1.38 bits per heavy atom. The normalized spacial score (nSPS) is 16.9. The minimum atomic E-state index is 0.0329. The second-order valence-electron chi connectivity index (χ2n) is 3.63. The first-order chi connectivity index (χ1) is 7.77. The van der Waals surface area contributed by atoms with Crippen molar-refractivity contribution < 1.29 is 9.53 Å². The highest BCUT2D eigenvalue weighted by Gasteiger charge is 2.17. The van der Waals surface area contributed by atoms with Crippen molar-refractivity contribution >= 4 is 21.8 Å². The van der Waals surface area contributed by atoms with Gasteiger partial charge in [0.25, 0.3) is 5.91 Å². The lowest BCUT2D eigenvalue weighted by atomic mass is 10.2. The van der Waals surface area contributed by atoms with E-state index in [1.54, 1.807) is 18.3 Å². The molecule has 1 aliphatic heterocycles. The summed E-state index contributed by atoms with van der Waals surface area (Å²) >= 11 is 3.25. The molecule has 16 heavy (non-hydrogen) atoms. The molecule has 1 aliphatic rings. The van der Waals surface area contributed by atoms with Gasteiger partial charge in [-0.15, -0.1) is 0 Å². The van der Waals surface area contributed by atoms with Crippen LogP contribution in [0, 0.1) is 0 Å². The van der Waals surface area contributed by atoms with Gasteiger partial charge in [0.2, 0.25) is 0 Å². The van der Waals surface area contributed by atoms with Gasteiger partial charge in [0.1, 0.15) is 4.60 Å². The minimum Gasteiger partial charge on any atom is -0.380 e. The molecule has 0 aromatic carbocycles. The van der Waals surface area contributed by atoms with Crippen LogP contribution in [0.25, 0.3) is 0 Å². The Bertz CT molecular complexity index is 359. The van der Waals surface area contributed by atoms with E-state index in [1.807, 2.05) is 4.90 Å². The molecule has 4 nitrogen and oxygen atoms in total. The second kappa shape index (κ2) is 5.41. The maximum absolute atomic E-state index is 12.1. The van der Waals surface area contributed by atoms with Gasteiger partial charge in [-0.1, -0.05) is 0 Å². The van der Waals surface area contributed by atoms with Crippen LogP contribution >= 0.6 is 15.9 Å². The zero-order chi connectivity index (χ0) is 11.4. The molecule has 1 aromatic heterocycles. The molecular weight excluding hydrogens is 272 g/mol. The van der Waals surface area contributed by atoms with E-state index in [0.29, 0.717) is 18.7 Å². The Labute approximate surface area is 103 Å². The number of carbonyl (C=O) groups is 1. The van der Waals surface area contributed by atoms with E-state index in [0.717, 1.165) is 24.2 Å². The number of amides is 1. The standard InChI is InChI=1S/C11H13BrN2O2/c12-10-3-2-9(8-13-10)11(15)14-4-1-6-16-7-5-14/h2-3,8H,1,4-7H2. The first kappa shape index (κ1) is 11.5. The maximum atomic E-state index is 12.1. The van der Waals surface area contributed by atoms with Crippen molar-refractivity contribution in [2.24, 2.45) is 0 Å². The van der Waals surface area contributed by atoms with E-state index in [9.17, 15) is 4.79 Å². The topological polar surface area (TPSA) is 42.4 Å². The molecule has 5 heteroatoms. The number of ether oxygens (including phenoxy) is 1. The molecule has 2 heterocycles. The number of carbonyl (C=O) groups excluding carboxylic acids is 1. The average molecular weight is 285 g/mol. The minimum absolute atomic E-state index is 0.0329. The number of halogens is 1. The summed E-state index contributed by atoms with van der Waals surface area (Å²) in [5, 5.41) is 0. The number of pyridine rings is 1. The van der Waals surface area contributed by atoms with E-state index in [2.05, 4.69) is 20.9 Å². The summed E-state index contributed by atoms with van der Waals surface area (Å²) in [6.07, 6.45) is 2.49. The summed E-state index contributed by atoms with van der Waals surface area (Å²) in [6.45, 7) is 2.78. The number of rotatable bonds is 1. The van der Waals surface area contributed by atoms with Gasteiger partial charge >= 0.3 is 0 Å². The van der Waals surface area contributed by atoms with Crippen molar-refractivity contribution in [1.29, 1.82) is 0 Å². The van der Waals surface area contributed by atoms with E-state index < -0.39 is 0 Å². The molecule has 0 bridgehead atoms. The molecule has 0 N–H and O–H groups in total. The fourth-order valence-electron chi connectivity index (χ4n) is 1.63. The highest BCUT2D eigenvalue weighted by atomic mass is 79.9. The Morgan fingerprint density at radius 2 is 2.25 bits per heavy atom. The first-order valence-corrected chi connectivity index (χ1v) is 6.05. The van der Waals surface area contributed by atoms with Crippen molar-refractivity contribution in [1.82, 2.24) is 9.88 Å². The van der Waals surface area contributed by atoms with Gasteiger partial charge in [0.05, 0.1) is 12.2 Å². The van der Waals surface area contributed by atoms with Gasteiger partial charge in [-0.25, -0.2) is 4.98 Å². The Balaban J connectivity index is 2.08. The Morgan fingerprint density at radius 3 is 3.00 bits per heavy atom. The van der Waals surface area contributed by atoms with E-state index in [1.165, 1.54) is 0 Å². The summed E-state index contributed by atoms with van der Waals surface area (Å²) in [5.74, 6) is 0.0329. The maximum Gasteiger partial charge on any atom is 0.255 e. The fraction of sp³-hybridized carbons (Fsp3) is 0.455. The van der Waals surface area contributed by atoms with E-state index >= 15 is 0 Å². The molecule has 0 saturated carbocycles. The number of hydrogen-bond donors (Lipinski definition) is 0. The van der Waals surface area contributed by atoms with Crippen LogP contribution in [0.2, 0.25) is 0 Å². The summed E-state index contributed by atoms with van der Waals surface area (Å²) in [7, 11) is 0. The van der Waals surface area contributed by atoms with Crippen LogP contribution in [-0.4, -0.2) is 42.1 Å². The quantitative estimate of drug-likeness (QED) is 0.738. The molecular formula is C11H13BrN2O2. The number of aromatic nitrogens is 1. The van der Waals surface area contributed by atoms with Crippen molar-refractivity contribution in [2.75, 3.05) is 26.3 Å². The zero-order valence-electron chi connectivity index (χ0n) is 8.86. The third-order valence-corrected chi connectivity index (χ3v) is 2.95. The Kier molecular flexibility index (Phi) is 3.90. The molecule has 0 aliphatic carbocycles. The smallest absolute Gasteiger partial charge is 0.255 e. The van der Waals surface area contributed by atoms with Crippen LogP contribution in [0.3, 0.4) is 0 Å². The summed E-state index contributed by atoms with van der Waals surface area (Å²) in [5.41, 5.74) is 0.630. The molecule has 1 amide bonds. The first-order valence-electron chi connectivity index (χ1n) is 5.26. The van der Waals surface area contributed by atoms with Crippen molar-refractivity contribution in [3.8, 4) is 0 Å². The molecule has 0 radical (unpaired) electrons. The molecule has 0 spiro atoms. The third kappa shape index (κ3) is 2.80. The highest BCUT2D eigenvalue weighted by molar-refractivity contribution is 9.10. The predicted octanol–water partition coefficient (Wildman–Crippen LogP) is 1.71. The average Bonchev–Trinajstić information content (AvgIpc) is 2.57. The number of nitrogens with zero attached hydrogens (tertiary/aromatic N) is 2. The Hall–Kier alpha value is -0.940. The van der Waals surface area contributed by atoms with Crippen LogP contribution in [0.1, 0.15) is 16.8 Å². The van der Waals surface area contributed by atoms with Crippen LogP contribution < -0.4 is 0 Å². The molecule has 0 unspecified atom stereocenters. The lowest BCUT2D eigenvalue weighted by Gasteiger charge is -2.19. The van der Waals surface area contributed by atoms with Crippen LogP contribution in [0.15, 0.2) is 22.9 Å². The molecule has 1 aromatic rings. The van der Waals surface area contributed by atoms with Gasteiger partial charge in [-0.3, -0.25) is 4.79 Å². The fourth-order valence-corrected chi connectivity index (χ4v) is 1.87. The third-order valence-electron chi connectivity index (χ3n) is 2.48. The van der Waals surface area contributed by atoms with Crippen LogP contribution in [0.4, 0.5) is 0 Å². The van der Waals surface area contributed by atoms with Crippen molar-refractivity contribution in [3.63, 3.8) is 0 Å². The molecule has 2 rings (SSSR count). The monoisotopic (exact) mass is 284 g/mol. The van der Waals surface area contributed by atoms with E-state index in [4.69, 9.17) is 4.74 Å². The summed E-state index contributed by atoms with van der Waals surface area (Å²) in [4.78, 5) is 18.0. The van der Waals surface area contributed by atoms with Gasteiger partial charge in [0.15, 0.2) is 0 Å². The van der Waals surface area contributed by atoms with Gasteiger partial charge < -0.3 is 9.64 Å². The summed E-state index contributed by atoms with van der Waals surface area (Å²) in [6, 6.07) is 3.56. The SMILES string of the molecule is O=C(c1ccc(Br)nc1)N1CCCOCC1. The van der Waals surface area contributed by atoms with Crippen molar-refractivity contribution in [3.05, 3.63) is 28.5 Å². The lowest BCUT2D eigenvalue weighted by Crippen LogP contribution is -2.33. The second-order valence-corrected chi connectivity index (χ2v) is 4.44. The molecule has 86 valence electrons. The zero-order valence-corrected chi connectivity index (χ0v) is 10.4. The molecule has 0 atom stereocenters. The van der Waals surface area contributed by atoms with Crippen molar-refractivity contribution in [2.45, 2.75) is 6.42 Å². The molecule has 1 saturated heterocycles. The van der Waals surface area contributed by atoms with E-state index in [-0.39, 0.29) is 5.91 Å². The summed E-state index contributed by atoms with van der Waals surface area (Å²) < 4.78 is 6.05. The largest absolute Gasteiger partial charge is 0.380 e. The molecule has 1 fully saturated rings. The van der Waals surface area contributed by atoms with Crippen LogP contribution in [0.5, 0.6) is 0 Å². The van der Waals surface area contributed by atoms with Gasteiger partial charge in [-0.05, 0) is 34.5 Å². The number of hydrogen-bond acceptors (Lipinski definition) is 3. The highest BCUT2D eigenvalue weighted by Crippen LogP contribution is 2.10. The predicted molar refractivity (Wildman–Crippen MR) is 63.3 cm³/mol. The lowest BCUT2D eigenvalue weighted by molar-refractivity contribution is 0.0741. The van der Waals surface area contributed by atoms with Gasteiger partial charge in [-0.2, -0.15) is 0 Å². The van der Waals surface area contributed by atoms with Gasteiger partial charge in [0, 0.05) is 25.9 Å². The van der Waals surface area contributed by atoms with Crippen LogP contribution in [-0.2, 0) is 4.74 Å².